The highest BCUT2D eigenvalue weighted by molar-refractivity contribution is 7.99. The predicted octanol–water partition coefficient (Wildman–Crippen LogP) is 6.61. The lowest BCUT2D eigenvalue weighted by Crippen LogP contribution is -2.38. The Morgan fingerprint density at radius 2 is 1.78 bits per heavy atom. The molecule has 0 bridgehead atoms. The summed E-state index contributed by atoms with van der Waals surface area (Å²) in [6, 6.07) is 9.75. The van der Waals surface area contributed by atoms with Crippen LogP contribution in [0.15, 0.2) is 45.7 Å². The molecule has 0 atom stereocenters. The van der Waals surface area contributed by atoms with Gasteiger partial charge in [-0.2, -0.15) is 0 Å². The van der Waals surface area contributed by atoms with Gasteiger partial charge in [0.15, 0.2) is 11.4 Å². The van der Waals surface area contributed by atoms with Crippen molar-refractivity contribution in [2.45, 2.75) is 52.0 Å². The van der Waals surface area contributed by atoms with E-state index in [1.54, 1.807) is 17.8 Å². The Hall–Kier alpha value is -2.99. The molecule has 3 rings (SSSR count). The molecule has 1 heterocycles. The number of carboxylic acid groups (broad SMARTS) is 1. The number of benzene rings is 2. The number of furan rings is 1. The minimum absolute atomic E-state index is 0.203. The summed E-state index contributed by atoms with van der Waals surface area (Å²) in [4.78, 5) is 25.3. The summed E-state index contributed by atoms with van der Waals surface area (Å²) in [6.07, 6.45) is 3.24. The number of ether oxygens (including phenoxy) is 1. The van der Waals surface area contributed by atoms with E-state index < -0.39 is 11.6 Å². The number of hydrogen-bond donors (Lipinski definition) is 1. The highest BCUT2D eigenvalue weighted by atomic mass is 32.2. The van der Waals surface area contributed by atoms with Crippen molar-refractivity contribution >= 4 is 40.6 Å². The zero-order chi connectivity index (χ0) is 23.6. The first kappa shape index (κ1) is 23.7. The van der Waals surface area contributed by atoms with Crippen LogP contribution in [-0.2, 0) is 4.79 Å². The van der Waals surface area contributed by atoms with Crippen LogP contribution >= 0.6 is 11.8 Å². The second-order valence-corrected chi connectivity index (χ2v) is 9.58. The lowest BCUT2D eigenvalue weighted by atomic mass is 10.0. The van der Waals surface area contributed by atoms with E-state index >= 15 is 0 Å². The Morgan fingerprint density at radius 3 is 2.38 bits per heavy atom. The van der Waals surface area contributed by atoms with Gasteiger partial charge in [-0.3, -0.25) is 4.79 Å². The average Bonchev–Trinajstić information content (AvgIpc) is 3.05. The maximum absolute atomic E-state index is 12.8. The van der Waals surface area contributed by atoms with E-state index in [0.29, 0.717) is 17.1 Å². The van der Waals surface area contributed by atoms with Crippen molar-refractivity contribution in [2.24, 2.45) is 0 Å². The lowest BCUT2D eigenvalue weighted by molar-refractivity contribution is -0.152. The fraction of sp³-hybridized carbons (Fsp3) is 0.308. The SMILES string of the molecule is CCSc1ccc2c(C)c(C(=O)/C=C/c3cc(C)c(OC(C)(C)C(=O)O)c(C)c3)oc2c1. The van der Waals surface area contributed by atoms with Crippen LogP contribution < -0.4 is 4.74 Å². The van der Waals surface area contributed by atoms with Crippen LogP contribution in [0, 0.1) is 20.8 Å². The zero-order valence-electron chi connectivity index (χ0n) is 19.2. The molecule has 0 aliphatic heterocycles. The summed E-state index contributed by atoms with van der Waals surface area (Å²) in [7, 11) is 0. The molecule has 1 N–H and O–H groups in total. The summed E-state index contributed by atoms with van der Waals surface area (Å²) >= 11 is 1.73. The number of carbonyl (C=O) groups excluding carboxylic acids is 1. The summed E-state index contributed by atoms with van der Waals surface area (Å²) in [5.41, 5.74) is 2.63. The number of thioether (sulfide) groups is 1. The van der Waals surface area contributed by atoms with Gasteiger partial charge in [-0.25, -0.2) is 4.79 Å². The van der Waals surface area contributed by atoms with Crippen LogP contribution in [0.1, 0.15) is 53.6 Å². The summed E-state index contributed by atoms with van der Waals surface area (Å²) in [5, 5.41) is 10.3. The Kier molecular flexibility index (Phi) is 6.84. The van der Waals surface area contributed by atoms with E-state index in [9.17, 15) is 14.7 Å². The number of carboxylic acids is 1. The molecule has 32 heavy (non-hydrogen) atoms. The van der Waals surface area contributed by atoms with Gasteiger partial charge in [-0.05, 0) is 93.5 Å². The molecule has 0 aliphatic rings. The van der Waals surface area contributed by atoms with Gasteiger partial charge in [-0.15, -0.1) is 11.8 Å². The van der Waals surface area contributed by atoms with Crippen molar-refractivity contribution in [1.29, 1.82) is 0 Å². The Labute approximate surface area is 192 Å². The first-order chi connectivity index (χ1) is 15.0. The number of aliphatic carboxylic acids is 1. The van der Waals surface area contributed by atoms with Crippen LogP contribution in [0.2, 0.25) is 0 Å². The van der Waals surface area contributed by atoms with Gasteiger partial charge in [-0.1, -0.05) is 13.0 Å². The molecule has 0 fully saturated rings. The fourth-order valence-electron chi connectivity index (χ4n) is 3.48. The van der Waals surface area contributed by atoms with E-state index in [1.807, 2.05) is 51.1 Å². The molecular formula is C26H28O5S. The quantitative estimate of drug-likeness (QED) is 0.235. The normalized spacial score (nSPS) is 11.9. The maximum Gasteiger partial charge on any atom is 0.347 e. The summed E-state index contributed by atoms with van der Waals surface area (Å²) < 4.78 is 11.6. The molecule has 0 aliphatic carbocycles. The largest absolute Gasteiger partial charge is 0.478 e. The molecule has 5 nitrogen and oxygen atoms in total. The van der Waals surface area contributed by atoms with Gasteiger partial charge < -0.3 is 14.3 Å². The van der Waals surface area contributed by atoms with E-state index in [1.165, 1.54) is 19.9 Å². The maximum atomic E-state index is 12.8. The molecule has 0 unspecified atom stereocenters. The number of rotatable bonds is 8. The first-order valence-electron chi connectivity index (χ1n) is 10.5. The number of aryl methyl sites for hydroxylation is 3. The number of ketones is 1. The van der Waals surface area contributed by atoms with Crippen LogP contribution in [0.5, 0.6) is 5.75 Å². The Bertz CT molecular complexity index is 1190. The van der Waals surface area contributed by atoms with Crippen molar-refractivity contribution in [2.75, 3.05) is 5.75 Å². The average molecular weight is 453 g/mol. The molecule has 2 aromatic carbocycles. The molecule has 3 aromatic rings. The number of carbonyl (C=O) groups is 2. The highest BCUT2D eigenvalue weighted by Crippen LogP contribution is 2.31. The van der Waals surface area contributed by atoms with E-state index in [2.05, 4.69) is 6.92 Å². The van der Waals surface area contributed by atoms with Gasteiger partial charge in [0.1, 0.15) is 11.3 Å². The smallest absolute Gasteiger partial charge is 0.347 e. The molecule has 168 valence electrons. The molecule has 0 saturated carbocycles. The molecule has 0 spiro atoms. The van der Waals surface area contributed by atoms with Crippen molar-refractivity contribution in [3.63, 3.8) is 0 Å². The predicted molar refractivity (Wildman–Crippen MR) is 129 cm³/mol. The molecule has 1 aromatic heterocycles. The molecule has 6 heteroatoms. The number of hydrogen-bond acceptors (Lipinski definition) is 5. The van der Waals surface area contributed by atoms with E-state index in [0.717, 1.165) is 38.3 Å². The molecule has 0 radical (unpaired) electrons. The van der Waals surface area contributed by atoms with Crippen LogP contribution in [-0.4, -0.2) is 28.2 Å². The Morgan fingerprint density at radius 1 is 1.12 bits per heavy atom. The topological polar surface area (TPSA) is 76.7 Å². The third kappa shape index (κ3) is 4.91. The van der Waals surface area contributed by atoms with Crippen molar-refractivity contribution in [1.82, 2.24) is 0 Å². The highest BCUT2D eigenvalue weighted by Gasteiger charge is 2.30. The number of fused-ring (bicyclic) bond motifs is 1. The summed E-state index contributed by atoms with van der Waals surface area (Å²) in [5.74, 6) is 0.607. The second kappa shape index (κ2) is 9.25. The summed E-state index contributed by atoms with van der Waals surface area (Å²) in [6.45, 7) is 10.7. The standard InChI is InChI=1S/C26H28O5S/c1-7-32-19-9-10-20-17(4)24(30-22(20)14-19)21(27)11-8-18-12-15(2)23(16(3)13-18)31-26(5,6)25(28)29/h8-14H,7H2,1-6H3,(H,28,29)/b11-8+. The van der Waals surface area contributed by atoms with Crippen LogP contribution in [0.25, 0.3) is 17.0 Å². The Balaban J connectivity index is 1.85. The number of allylic oxidation sites excluding steroid dienone is 1. The van der Waals surface area contributed by atoms with Crippen LogP contribution in [0.4, 0.5) is 0 Å². The van der Waals surface area contributed by atoms with Gasteiger partial charge in [0.25, 0.3) is 0 Å². The van der Waals surface area contributed by atoms with Gasteiger partial charge in [0.05, 0.1) is 0 Å². The molecule has 0 saturated heterocycles. The lowest BCUT2D eigenvalue weighted by Gasteiger charge is -2.24. The van der Waals surface area contributed by atoms with Crippen LogP contribution in [0.3, 0.4) is 0 Å². The fourth-order valence-corrected chi connectivity index (χ4v) is 4.17. The van der Waals surface area contributed by atoms with E-state index in [4.69, 9.17) is 9.15 Å². The third-order valence-corrected chi connectivity index (χ3v) is 6.10. The van der Waals surface area contributed by atoms with Crippen molar-refractivity contribution < 1.29 is 23.8 Å². The minimum Gasteiger partial charge on any atom is -0.478 e. The van der Waals surface area contributed by atoms with Crippen molar-refractivity contribution in [3.05, 3.63) is 64.4 Å². The zero-order valence-corrected chi connectivity index (χ0v) is 20.1. The first-order valence-corrected chi connectivity index (χ1v) is 11.4. The molecule has 0 amide bonds. The monoisotopic (exact) mass is 452 g/mol. The second-order valence-electron chi connectivity index (χ2n) is 8.25. The molecular weight excluding hydrogens is 424 g/mol. The van der Waals surface area contributed by atoms with E-state index in [-0.39, 0.29) is 5.78 Å². The minimum atomic E-state index is -1.34. The third-order valence-electron chi connectivity index (χ3n) is 5.23. The van der Waals surface area contributed by atoms with Gasteiger partial charge in [0.2, 0.25) is 5.78 Å². The van der Waals surface area contributed by atoms with Crippen molar-refractivity contribution in [3.8, 4) is 5.75 Å². The van der Waals surface area contributed by atoms with Gasteiger partial charge >= 0.3 is 5.97 Å². The van der Waals surface area contributed by atoms with Gasteiger partial charge in [0, 0.05) is 15.8 Å².